The Hall–Kier alpha value is -1.93. The third-order valence-electron chi connectivity index (χ3n) is 4.18. The first-order valence-electron chi connectivity index (χ1n) is 8.23. The van der Waals surface area contributed by atoms with Crippen LogP contribution >= 0.6 is 11.6 Å². The summed E-state index contributed by atoms with van der Waals surface area (Å²) >= 11 is 5.83. The lowest BCUT2D eigenvalue weighted by Gasteiger charge is -2.15. The lowest BCUT2D eigenvalue weighted by Crippen LogP contribution is -2.28. The molecule has 3 aromatic rings. The van der Waals surface area contributed by atoms with Crippen LogP contribution in [0, 0.1) is 0 Å². The molecule has 2 aromatic carbocycles. The Bertz CT molecular complexity index is 1030. The van der Waals surface area contributed by atoms with Gasteiger partial charge in [0, 0.05) is 11.6 Å². The quantitative estimate of drug-likeness (QED) is 0.673. The first kappa shape index (κ1) is 18.8. The van der Waals surface area contributed by atoms with Crippen LogP contribution in [0.4, 0.5) is 0 Å². The number of aromatic nitrogens is 2. The van der Waals surface area contributed by atoms with E-state index in [-0.39, 0.29) is 11.5 Å². The van der Waals surface area contributed by atoms with Gasteiger partial charge in [-0.1, -0.05) is 17.7 Å². The van der Waals surface area contributed by atoms with Gasteiger partial charge in [0.25, 0.3) is 0 Å². The molecule has 0 saturated carbocycles. The standard InChI is InChI=1S/C18H20ClN3O3S/c1-3-22-17-10-13(11-23)4-9-16(17)20-18(22)12(2)21-26(24,25)15-7-5-14(19)6-8-15/h4-10,12,21,23H,3,11H2,1-2H3. The van der Waals surface area contributed by atoms with Crippen LogP contribution in [0.1, 0.15) is 31.3 Å². The van der Waals surface area contributed by atoms with E-state index in [2.05, 4.69) is 9.71 Å². The van der Waals surface area contributed by atoms with Crippen LogP contribution in [-0.4, -0.2) is 23.1 Å². The molecule has 0 aliphatic heterocycles. The number of hydrogen-bond acceptors (Lipinski definition) is 4. The maximum atomic E-state index is 12.6. The number of nitrogens with zero attached hydrogens (tertiary/aromatic N) is 2. The first-order chi connectivity index (χ1) is 12.4. The molecule has 0 aliphatic carbocycles. The molecule has 6 nitrogen and oxygen atoms in total. The second-order valence-corrected chi connectivity index (χ2v) is 8.14. The number of aliphatic hydroxyl groups excluding tert-OH is 1. The number of fused-ring (bicyclic) bond motifs is 1. The molecule has 2 N–H and O–H groups in total. The summed E-state index contributed by atoms with van der Waals surface area (Å²) in [6, 6.07) is 11.0. The molecule has 0 amide bonds. The molecule has 8 heteroatoms. The van der Waals surface area contributed by atoms with Gasteiger partial charge in [-0.25, -0.2) is 18.1 Å². The van der Waals surface area contributed by atoms with E-state index in [0.29, 0.717) is 17.4 Å². The van der Waals surface area contributed by atoms with E-state index in [4.69, 9.17) is 11.6 Å². The van der Waals surface area contributed by atoms with Gasteiger partial charge in [0.2, 0.25) is 10.0 Å². The molecule has 0 radical (unpaired) electrons. The van der Waals surface area contributed by atoms with Crippen LogP contribution in [0.3, 0.4) is 0 Å². The van der Waals surface area contributed by atoms with Crippen molar-refractivity contribution in [2.75, 3.05) is 0 Å². The lowest BCUT2D eigenvalue weighted by atomic mass is 10.2. The van der Waals surface area contributed by atoms with Gasteiger partial charge >= 0.3 is 0 Å². The molecular weight excluding hydrogens is 374 g/mol. The van der Waals surface area contributed by atoms with E-state index in [1.807, 2.05) is 29.7 Å². The summed E-state index contributed by atoms with van der Waals surface area (Å²) in [7, 11) is -3.70. The van der Waals surface area contributed by atoms with Crippen LogP contribution in [0.25, 0.3) is 11.0 Å². The van der Waals surface area contributed by atoms with Crippen LogP contribution < -0.4 is 4.72 Å². The van der Waals surface area contributed by atoms with E-state index in [0.717, 1.165) is 16.6 Å². The summed E-state index contributed by atoms with van der Waals surface area (Å²) in [4.78, 5) is 4.73. The smallest absolute Gasteiger partial charge is 0.241 e. The average molecular weight is 394 g/mol. The predicted octanol–water partition coefficient (Wildman–Crippen LogP) is 3.24. The molecular formula is C18H20ClN3O3S. The van der Waals surface area contributed by atoms with E-state index < -0.39 is 16.1 Å². The Morgan fingerprint density at radius 3 is 2.54 bits per heavy atom. The Morgan fingerprint density at radius 2 is 1.92 bits per heavy atom. The van der Waals surface area contributed by atoms with Crippen molar-refractivity contribution in [2.45, 2.75) is 37.9 Å². The van der Waals surface area contributed by atoms with E-state index in [1.54, 1.807) is 19.1 Å². The van der Waals surface area contributed by atoms with Gasteiger partial charge in [-0.05, 0) is 55.8 Å². The number of nitrogens with one attached hydrogen (secondary N) is 1. The lowest BCUT2D eigenvalue weighted by molar-refractivity contribution is 0.282. The number of sulfonamides is 1. The van der Waals surface area contributed by atoms with Crippen LogP contribution in [-0.2, 0) is 23.2 Å². The highest BCUT2D eigenvalue weighted by Gasteiger charge is 2.22. The van der Waals surface area contributed by atoms with Crippen molar-refractivity contribution >= 4 is 32.7 Å². The fourth-order valence-corrected chi connectivity index (χ4v) is 4.24. The van der Waals surface area contributed by atoms with Crippen LogP contribution in [0.2, 0.25) is 5.02 Å². The third kappa shape index (κ3) is 3.61. The molecule has 0 fully saturated rings. The summed E-state index contributed by atoms with van der Waals surface area (Å²) in [5.74, 6) is 0.620. The molecule has 1 aromatic heterocycles. The molecule has 3 rings (SSSR count). The number of aryl methyl sites for hydroxylation is 1. The van der Waals surface area contributed by atoms with Crippen LogP contribution in [0.15, 0.2) is 47.4 Å². The highest BCUT2D eigenvalue weighted by Crippen LogP contribution is 2.24. The zero-order valence-corrected chi connectivity index (χ0v) is 16.0. The average Bonchev–Trinajstić information content (AvgIpc) is 2.99. The topological polar surface area (TPSA) is 84.2 Å². The number of imidazole rings is 1. The molecule has 0 spiro atoms. The minimum Gasteiger partial charge on any atom is -0.392 e. The van der Waals surface area contributed by atoms with Crippen molar-refractivity contribution in [3.8, 4) is 0 Å². The van der Waals surface area contributed by atoms with Crippen molar-refractivity contribution in [1.29, 1.82) is 0 Å². The van der Waals surface area contributed by atoms with E-state index in [1.165, 1.54) is 12.1 Å². The first-order valence-corrected chi connectivity index (χ1v) is 10.1. The zero-order valence-electron chi connectivity index (χ0n) is 14.5. The normalized spacial score (nSPS) is 13.2. The van der Waals surface area contributed by atoms with Crippen molar-refractivity contribution < 1.29 is 13.5 Å². The summed E-state index contributed by atoms with van der Waals surface area (Å²) in [5.41, 5.74) is 2.41. The molecule has 1 atom stereocenters. The Balaban J connectivity index is 1.96. The monoisotopic (exact) mass is 393 g/mol. The van der Waals surface area contributed by atoms with Crippen molar-refractivity contribution in [1.82, 2.24) is 14.3 Å². The van der Waals surface area contributed by atoms with Crippen molar-refractivity contribution in [3.05, 3.63) is 58.9 Å². The maximum absolute atomic E-state index is 12.6. The summed E-state index contributed by atoms with van der Waals surface area (Å²) in [6.45, 7) is 4.30. The van der Waals surface area contributed by atoms with Gasteiger partial charge < -0.3 is 9.67 Å². The highest BCUT2D eigenvalue weighted by atomic mass is 35.5. The molecule has 0 bridgehead atoms. The summed E-state index contributed by atoms with van der Waals surface area (Å²) < 4.78 is 29.9. The number of hydrogen-bond donors (Lipinski definition) is 2. The minimum absolute atomic E-state index is 0.0566. The Morgan fingerprint density at radius 1 is 1.23 bits per heavy atom. The molecule has 138 valence electrons. The Labute approximate surface area is 157 Å². The largest absolute Gasteiger partial charge is 0.392 e. The fourth-order valence-electron chi connectivity index (χ4n) is 2.92. The zero-order chi connectivity index (χ0) is 18.9. The van der Waals surface area contributed by atoms with Gasteiger partial charge in [0.1, 0.15) is 5.82 Å². The van der Waals surface area contributed by atoms with Gasteiger partial charge in [-0.15, -0.1) is 0 Å². The summed E-state index contributed by atoms with van der Waals surface area (Å²) in [5, 5.41) is 9.82. The second kappa shape index (κ2) is 7.36. The molecule has 1 heterocycles. The van der Waals surface area contributed by atoms with Gasteiger partial charge in [-0.2, -0.15) is 0 Å². The van der Waals surface area contributed by atoms with Gasteiger partial charge in [0.15, 0.2) is 0 Å². The third-order valence-corrected chi connectivity index (χ3v) is 5.99. The molecule has 1 unspecified atom stereocenters. The maximum Gasteiger partial charge on any atom is 0.241 e. The number of halogens is 1. The number of rotatable bonds is 6. The SMILES string of the molecule is CCn1c(C(C)NS(=O)(=O)c2ccc(Cl)cc2)nc2ccc(CO)cc21. The predicted molar refractivity (Wildman–Crippen MR) is 102 cm³/mol. The van der Waals surface area contributed by atoms with E-state index in [9.17, 15) is 13.5 Å². The minimum atomic E-state index is -3.70. The number of aliphatic hydroxyl groups is 1. The summed E-state index contributed by atoms with van der Waals surface area (Å²) in [6.07, 6.45) is 0. The highest BCUT2D eigenvalue weighted by molar-refractivity contribution is 7.89. The van der Waals surface area contributed by atoms with Gasteiger partial charge in [-0.3, -0.25) is 0 Å². The molecule has 0 aliphatic rings. The number of benzene rings is 2. The van der Waals surface area contributed by atoms with Crippen molar-refractivity contribution in [2.24, 2.45) is 0 Å². The molecule has 26 heavy (non-hydrogen) atoms. The second-order valence-electron chi connectivity index (χ2n) is 5.99. The van der Waals surface area contributed by atoms with Gasteiger partial charge in [0.05, 0.1) is 28.6 Å². The van der Waals surface area contributed by atoms with Crippen molar-refractivity contribution in [3.63, 3.8) is 0 Å². The molecule has 0 saturated heterocycles. The fraction of sp³-hybridized carbons (Fsp3) is 0.278. The van der Waals surface area contributed by atoms with E-state index >= 15 is 0 Å². The van der Waals surface area contributed by atoms with Crippen LogP contribution in [0.5, 0.6) is 0 Å². The Kier molecular flexibility index (Phi) is 5.34.